The summed E-state index contributed by atoms with van der Waals surface area (Å²) in [4.78, 5) is 0.840. The van der Waals surface area contributed by atoms with Crippen LogP contribution in [-0.4, -0.2) is 10.5 Å². The minimum absolute atomic E-state index is 0.742. The highest BCUT2D eigenvalue weighted by molar-refractivity contribution is 7.84. The predicted octanol–water partition coefficient (Wildman–Crippen LogP) is 3.69. The van der Waals surface area contributed by atoms with Crippen molar-refractivity contribution in [2.75, 3.05) is 11.6 Å². The van der Waals surface area contributed by atoms with Crippen LogP contribution in [0.1, 0.15) is 5.56 Å². The van der Waals surface area contributed by atoms with Gasteiger partial charge in [-0.2, -0.15) is 0 Å². The number of nitrogens with one attached hydrogen (secondary N) is 1. The van der Waals surface area contributed by atoms with Gasteiger partial charge in [0.25, 0.3) is 0 Å². The van der Waals surface area contributed by atoms with Gasteiger partial charge in [0.05, 0.1) is 0 Å². The van der Waals surface area contributed by atoms with Gasteiger partial charge in [0.2, 0.25) is 0 Å². The van der Waals surface area contributed by atoms with Gasteiger partial charge in [-0.3, -0.25) is 4.21 Å². The van der Waals surface area contributed by atoms with Gasteiger partial charge < -0.3 is 5.32 Å². The van der Waals surface area contributed by atoms with Gasteiger partial charge in [-0.25, -0.2) is 0 Å². The summed E-state index contributed by atoms with van der Waals surface area (Å²) in [6.45, 7) is 0.742. The zero-order valence-electron chi connectivity index (χ0n) is 10.0. The van der Waals surface area contributed by atoms with Crippen molar-refractivity contribution < 1.29 is 4.21 Å². The van der Waals surface area contributed by atoms with Gasteiger partial charge in [-0.05, 0) is 42.0 Å². The zero-order chi connectivity index (χ0) is 13.0. The van der Waals surface area contributed by atoms with Crippen molar-refractivity contribution in [3.05, 3.63) is 59.1 Å². The number of halogens is 1. The average molecular weight is 280 g/mol. The van der Waals surface area contributed by atoms with Crippen LogP contribution in [0.5, 0.6) is 0 Å². The molecular formula is C14H14ClNOS. The molecule has 0 amide bonds. The highest BCUT2D eigenvalue weighted by atomic mass is 35.5. The first kappa shape index (κ1) is 13.1. The van der Waals surface area contributed by atoms with Crippen LogP contribution in [0, 0.1) is 0 Å². The minimum atomic E-state index is -0.922. The molecule has 2 nitrogen and oxygen atoms in total. The summed E-state index contributed by atoms with van der Waals surface area (Å²) in [7, 11) is -0.922. The molecule has 2 aromatic carbocycles. The van der Waals surface area contributed by atoms with E-state index in [4.69, 9.17) is 11.6 Å². The number of anilines is 1. The summed E-state index contributed by atoms with van der Waals surface area (Å²) in [6, 6.07) is 15.4. The fraction of sp³-hybridized carbons (Fsp3) is 0.143. The smallest absolute Gasteiger partial charge is 0.0498 e. The van der Waals surface area contributed by atoms with E-state index in [1.54, 1.807) is 6.26 Å². The van der Waals surface area contributed by atoms with Gasteiger partial charge in [0.1, 0.15) is 0 Å². The molecule has 0 radical (unpaired) electrons. The molecule has 4 heteroatoms. The Hall–Kier alpha value is -1.32. The van der Waals surface area contributed by atoms with Crippen molar-refractivity contribution in [3.63, 3.8) is 0 Å². The van der Waals surface area contributed by atoms with E-state index in [0.717, 1.165) is 22.2 Å². The molecule has 0 aliphatic heterocycles. The summed E-state index contributed by atoms with van der Waals surface area (Å²) in [6.07, 6.45) is 1.68. The topological polar surface area (TPSA) is 29.1 Å². The fourth-order valence-electron chi connectivity index (χ4n) is 1.57. The van der Waals surface area contributed by atoms with Crippen LogP contribution in [-0.2, 0) is 17.3 Å². The molecule has 0 saturated carbocycles. The molecule has 0 fully saturated rings. The molecule has 94 valence electrons. The van der Waals surface area contributed by atoms with Crippen LogP contribution < -0.4 is 5.32 Å². The van der Waals surface area contributed by atoms with E-state index in [2.05, 4.69) is 5.32 Å². The van der Waals surface area contributed by atoms with Crippen LogP contribution >= 0.6 is 11.6 Å². The second kappa shape index (κ2) is 6.03. The van der Waals surface area contributed by atoms with E-state index in [-0.39, 0.29) is 0 Å². The lowest BCUT2D eigenvalue weighted by atomic mass is 10.2. The van der Waals surface area contributed by atoms with E-state index >= 15 is 0 Å². The van der Waals surface area contributed by atoms with Crippen molar-refractivity contribution in [2.24, 2.45) is 0 Å². The first-order valence-electron chi connectivity index (χ1n) is 5.57. The average Bonchev–Trinajstić information content (AvgIpc) is 2.38. The molecular weight excluding hydrogens is 266 g/mol. The monoisotopic (exact) mass is 279 g/mol. The highest BCUT2D eigenvalue weighted by Gasteiger charge is 1.98. The third-order valence-electron chi connectivity index (χ3n) is 2.60. The Kier molecular flexibility index (Phi) is 4.39. The first-order chi connectivity index (χ1) is 8.65. The standard InChI is InChI=1S/C14H14ClNOS/c1-18(17)14-8-6-13(7-9-14)16-10-11-2-4-12(15)5-3-11/h2-9,16H,10H2,1H3/t18-/m0/s1. The quantitative estimate of drug-likeness (QED) is 0.925. The van der Waals surface area contributed by atoms with Crippen LogP contribution in [0.4, 0.5) is 5.69 Å². The Morgan fingerprint density at radius 3 is 2.22 bits per heavy atom. The lowest BCUT2D eigenvalue weighted by Crippen LogP contribution is -1.99. The van der Waals surface area contributed by atoms with Crippen molar-refractivity contribution in [1.29, 1.82) is 0 Å². The fourth-order valence-corrected chi connectivity index (χ4v) is 2.22. The number of rotatable bonds is 4. The Morgan fingerprint density at radius 1 is 1.06 bits per heavy atom. The minimum Gasteiger partial charge on any atom is -0.381 e. The van der Waals surface area contributed by atoms with Crippen LogP contribution in [0.25, 0.3) is 0 Å². The van der Waals surface area contributed by atoms with Crippen molar-refractivity contribution in [2.45, 2.75) is 11.4 Å². The summed E-state index contributed by atoms with van der Waals surface area (Å²) in [5, 5.41) is 4.05. The molecule has 0 unspecified atom stereocenters. The molecule has 0 aliphatic carbocycles. The normalized spacial score (nSPS) is 12.1. The number of hydrogen-bond donors (Lipinski definition) is 1. The largest absolute Gasteiger partial charge is 0.381 e. The molecule has 0 saturated heterocycles. The predicted molar refractivity (Wildman–Crippen MR) is 77.6 cm³/mol. The highest BCUT2D eigenvalue weighted by Crippen LogP contribution is 2.14. The molecule has 0 aromatic heterocycles. The second-order valence-electron chi connectivity index (χ2n) is 3.96. The van der Waals surface area contributed by atoms with Crippen molar-refractivity contribution in [3.8, 4) is 0 Å². The van der Waals surface area contributed by atoms with Gasteiger partial charge in [0, 0.05) is 39.2 Å². The van der Waals surface area contributed by atoms with Gasteiger partial charge >= 0.3 is 0 Å². The Bertz CT molecular complexity index is 537. The molecule has 2 aromatic rings. The van der Waals surface area contributed by atoms with Crippen LogP contribution in [0.2, 0.25) is 5.02 Å². The van der Waals surface area contributed by atoms with Crippen molar-refractivity contribution >= 4 is 28.1 Å². The molecule has 0 spiro atoms. The lowest BCUT2D eigenvalue weighted by Gasteiger charge is -2.07. The van der Waals surface area contributed by atoms with Crippen LogP contribution in [0.3, 0.4) is 0 Å². The van der Waals surface area contributed by atoms with Gasteiger partial charge in [0.15, 0.2) is 0 Å². The number of benzene rings is 2. The Labute approximate surface area is 114 Å². The Morgan fingerprint density at radius 2 is 1.67 bits per heavy atom. The molecule has 1 N–H and O–H groups in total. The molecule has 1 atom stereocenters. The lowest BCUT2D eigenvalue weighted by molar-refractivity contribution is 0.687. The van der Waals surface area contributed by atoms with E-state index < -0.39 is 10.8 Å². The van der Waals surface area contributed by atoms with Crippen molar-refractivity contribution in [1.82, 2.24) is 0 Å². The third-order valence-corrected chi connectivity index (χ3v) is 3.78. The molecule has 0 heterocycles. The molecule has 2 rings (SSSR count). The van der Waals surface area contributed by atoms with E-state index in [1.807, 2.05) is 48.5 Å². The molecule has 0 bridgehead atoms. The maximum Gasteiger partial charge on any atom is 0.0498 e. The third kappa shape index (κ3) is 3.59. The van der Waals surface area contributed by atoms with Gasteiger partial charge in [-0.15, -0.1) is 0 Å². The van der Waals surface area contributed by atoms with E-state index in [1.165, 1.54) is 5.56 Å². The zero-order valence-corrected chi connectivity index (χ0v) is 11.6. The number of hydrogen-bond acceptors (Lipinski definition) is 2. The summed E-state index contributed by atoms with van der Waals surface area (Å²) in [5.41, 5.74) is 2.18. The van der Waals surface area contributed by atoms with Crippen LogP contribution in [0.15, 0.2) is 53.4 Å². The summed E-state index contributed by atoms with van der Waals surface area (Å²) < 4.78 is 11.2. The van der Waals surface area contributed by atoms with E-state index in [0.29, 0.717) is 0 Å². The summed E-state index contributed by atoms with van der Waals surface area (Å²) >= 11 is 5.83. The maximum atomic E-state index is 11.2. The molecule has 0 aliphatic rings. The summed E-state index contributed by atoms with van der Waals surface area (Å²) in [5.74, 6) is 0. The molecule has 18 heavy (non-hydrogen) atoms. The van der Waals surface area contributed by atoms with E-state index in [9.17, 15) is 4.21 Å². The first-order valence-corrected chi connectivity index (χ1v) is 7.50. The SMILES string of the molecule is C[S@](=O)c1ccc(NCc2ccc(Cl)cc2)cc1. The Balaban J connectivity index is 1.97. The maximum absolute atomic E-state index is 11.2. The second-order valence-corrected chi connectivity index (χ2v) is 5.77. The van der Waals surface area contributed by atoms with Gasteiger partial charge in [-0.1, -0.05) is 23.7 Å².